The molecule has 1 fully saturated rings. The number of para-hydroxylation sites is 1. The molecule has 10 heteroatoms. The molecule has 0 radical (unpaired) electrons. The summed E-state index contributed by atoms with van der Waals surface area (Å²) in [6, 6.07) is 11.3. The van der Waals surface area contributed by atoms with E-state index in [2.05, 4.69) is 10.3 Å². The Labute approximate surface area is 180 Å². The van der Waals surface area contributed by atoms with Crippen LogP contribution >= 0.6 is 46.6 Å². The summed E-state index contributed by atoms with van der Waals surface area (Å²) in [7, 11) is 0. The predicted octanol–water partition coefficient (Wildman–Crippen LogP) is 4.77. The lowest BCUT2D eigenvalue weighted by molar-refractivity contribution is -0.121. The number of benzene rings is 2. The van der Waals surface area contributed by atoms with Crippen LogP contribution in [-0.4, -0.2) is 22.2 Å². The SMILES string of the molecule is N#CNC(=Nc1ccccc1Cl)S[C@@H]1CC(=O)N(c2ccc(Cl)c(Cl)c2)C1=O. The molecular formula is C18H11Cl3N4O2S. The molecular weight excluding hydrogens is 443 g/mol. The van der Waals surface area contributed by atoms with Crippen LogP contribution in [0.3, 0.4) is 0 Å². The first-order chi connectivity index (χ1) is 13.4. The molecule has 0 unspecified atom stereocenters. The highest BCUT2D eigenvalue weighted by Crippen LogP contribution is 2.34. The molecule has 1 heterocycles. The zero-order chi connectivity index (χ0) is 20.3. The van der Waals surface area contributed by atoms with E-state index < -0.39 is 11.2 Å². The fourth-order valence-corrected chi connectivity index (χ4v) is 3.94. The molecule has 3 rings (SSSR count). The van der Waals surface area contributed by atoms with Crippen molar-refractivity contribution >= 4 is 74.9 Å². The van der Waals surface area contributed by atoms with E-state index in [0.29, 0.717) is 21.4 Å². The van der Waals surface area contributed by atoms with E-state index in [9.17, 15) is 9.59 Å². The maximum absolute atomic E-state index is 12.8. The minimum Gasteiger partial charge on any atom is -0.274 e. The number of amidine groups is 1. The van der Waals surface area contributed by atoms with E-state index >= 15 is 0 Å². The van der Waals surface area contributed by atoms with Gasteiger partial charge < -0.3 is 0 Å². The van der Waals surface area contributed by atoms with Crippen LogP contribution in [0.25, 0.3) is 0 Å². The van der Waals surface area contributed by atoms with Gasteiger partial charge >= 0.3 is 0 Å². The van der Waals surface area contributed by atoms with Crippen molar-refractivity contribution in [3.05, 3.63) is 57.5 Å². The van der Waals surface area contributed by atoms with Crippen LogP contribution in [-0.2, 0) is 9.59 Å². The molecule has 0 aliphatic carbocycles. The van der Waals surface area contributed by atoms with Crippen LogP contribution in [0, 0.1) is 11.5 Å². The van der Waals surface area contributed by atoms with Gasteiger partial charge in [0.15, 0.2) is 11.4 Å². The smallest absolute Gasteiger partial charge is 0.247 e. The van der Waals surface area contributed by atoms with Gasteiger partial charge in [0.2, 0.25) is 11.8 Å². The number of halogens is 3. The minimum atomic E-state index is -0.746. The fourth-order valence-electron chi connectivity index (χ4n) is 2.51. The number of nitrogens with one attached hydrogen (secondary N) is 1. The highest BCUT2D eigenvalue weighted by Gasteiger charge is 2.41. The average Bonchev–Trinajstić information content (AvgIpc) is 2.93. The Morgan fingerprint density at radius 2 is 1.89 bits per heavy atom. The lowest BCUT2D eigenvalue weighted by atomic mass is 10.3. The highest BCUT2D eigenvalue weighted by atomic mass is 35.5. The summed E-state index contributed by atoms with van der Waals surface area (Å²) in [5, 5.41) is 11.8. The number of thioether (sulfide) groups is 1. The predicted molar refractivity (Wildman–Crippen MR) is 112 cm³/mol. The molecule has 28 heavy (non-hydrogen) atoms. The Hall–Kier alpha value is -2.24. The van der Waals surface area contributed by atoms with Crippen LogP contribution in [0.4, 0.5) is 11.4 Å². The topological polar surface area (TPSA) is 85.6 Å². The number of hydrogen-bond acceptors (Lipinski definition) is 5. The maximum Gasteiger partial charge on any atom is 0.247 e. The molecule has 2 amide bonds. The van der Waals surface area contributed by atoms with Crippen LogP contribution < -0.4 is 10.2 Å². The molecule has 1 N–H and O–H groups in total. The van der Waals surface area contributed by atoms with Gasteiger partial charge in [-0.1, -0.05) is 58.7 Å². The zero-order valence-corrected chi connectivity index (χ0v) is 17.1. The molecule has 6 nitrogen and oxygen atoms in total. The van der Waals surface area contributed by atoms with Gasteiger partial charge in [0.05, 0.1) is 26.4 Å². The van der Waals surface area contributed by atoms with Crippen LogP contribution in [0.15, 0.2) is 47.5 Å². The first kappa shape index (κ1) is 20.5. The van der Waals surface area contributed by atoms with Crippen molar-refractivity contribution in [1.29, 1.82) is 5.26 Å². The van der Waals surface area contributed by atoms with Gasteiger partial charge in [0.1, 0.15) is 5.25 Å². The van der Waals surface area contributed by atoms with Gasteiger partial charge in [-0.3, -0.25) is 14.9 Å². The van der Waals surface area contributed by atoms with E-state index in [1.807, 2.05) is 0 Å². The third-order valence-electron chi connectivity index (χ3n) is 3.76. The van der Waals surface area contributed by atoms with Crippen LogP contribution in [0.2, 0.25) is 15.1 Å². The molecule has 0 aromatic heterocycles. The lowest BCUT2D eigenvalue weighted by Crippen LogP contribution is -2.32. The number of carbonyl (C=O) groups excluding carboxylic acids is 2. The van der Waals surface area contributed by atoms with E-state index in [0.717, 1.165) is 16.7 Å². The first-order valence-corrected chi connectivity index (χ1v) is 9.89. The number of nitriles is 1. The highest BCUT2D eigenvalue weighted by molar-refractivity contribution is 8.15. The van der Waals surface area contributed by atoms with Gasteiger partial charge in [-0.25, -0.2) is 9.89 Å². The van der Waals surface area contributed by atoms with Gasteiger partial charge in [-0.2, -0.15) is 5.26 Å². The van der Waals surface area contributed by atoms with Crippen molar-refractivity contribution in [3.8, 4) is 6.19 Å². The molecule has 2 aromatic rings. The van der Waals surface area contributed by atoms with Crippen LogP contribution in [0.5, 0.6) is 0 Å². The largest absolute Gasteiger partial charge is 0.274 e. The van der Waals surface area contributed by atoms with Gasteiger partial charge in [-0.05, 0) is 30.3 Å². The monoisotopic (exact) mass is 452 g/mol. The second-order valence-electron chi connectivity index (χ2n) is 5.58. The summed E-state index contributed by atoms with van der Waals surface area (Å²) >= 11 is 19.0. The fraction of sp³-hybridized carbons (Fsp3) is 0.111. The summed E-state index contributed by atoms with van der Waals surface area (Å²) in [6.45, 7) is 0. The molecule has 1 atom stereocenters. The molecule has 142 valence electrons. The Morgan fingerprint density at radius 1 is 1.14 bits per heavy atom. The number of imide groups is 1. The third kappa shape index (κ3) is 4.42. The van der Waals surface area contributed by atoms with Crippen molar-refractivity contribution in [2.45, 2.75) is 11.7 Å². The number of carbonyl (C=O) groups is 2. The summed E-state index contributed by atoms with van der Waals surface area (Å²) < 4.78 is 0. The molecule has 2 aromatic carbocycles. The van der Waals surface area contributed by atoms with E-state index in [-0.39, 0.29) is 22.5 Å². The Balaban J connectivity index is 1.84. The number of rotatable bonds is 3. The lowest BCUT2D eigenvalue weighted by Gasteiger charge is -2.15. The molecule has 1 saturated heterocycles. The van der Waals surface area contributed by atoms with Crippen molar-refractivity contribution < 1.29 is 9.59 Å². The number of aliphatic imine (C=N–C) groups is 1. The summed E-state index contributed by atoms with van der Waals surface area (Å²) in [6.07, 6.45) is 1.73. The number of anilines is 1. The standard InChI is InChI=1S/C18H11Cl3N4O2S/c19-11-6-5-10(7-13(11)21)25-16(26)8-15(17(25)27)28-18(23-9-22)24-14-4-2-1-3-12(14)20/h1-7,15H,8H2,(H,23,24)/t15-/m1/s1. The van der Waals surface area contributed by atoms with Gasteiger partial charge in [-0.15, -0.1) is 0 Å². The molecule has 0 saturated carbocycles. The van der Waals surface area contributed by atoms with Crippen molar-refractivity contribution in [1.82, 2.24) is 5.32 Å². The minimum absolute atomic E-state index is 0.0433. The maximum atomic E-state index is 12.8. The summed E-state index contributed by atoms with van der Waals surface area (Å²) in [4.78, 5) is 30.5. The number of nitrogens with zero attached hydrogens (tertiary/aromatic N) is 3. The van der Waals surface area contributed by atoms with E-state index in [1.165, 1.54) is 12.1 Å². The Kier molecular flexibility index (Phi) is 6.47. The molecule has 1 aliphatic rings. The average molecular weight is 454 g/mol. The second-order valence-corrected chi connectivity index (χ2v) is 7.99. The molecule has 0 spiro atoms. The van der Waals surface area contributed by atoms with Crippen molar-refractivity contribution in [2.75, 3.05) is 4.90 Å². The van der Waals surface area contributed by atoms with Crippen LogP contribution in [0.1, 0.15) is 6.42 Å². The number of hydrogen-bond donors (Lipinski definition) is 1. The molecule has 1 aliphatic heterocycles. The zero-order valence-electron chi connectivity index (χ0n) is 14.0. The van der Waals surface area contributed by atoms with Crippen molar-refractivity contribution in [2.24, 2.45) is 4.99 Å². The number of amides is 2. The van der Waals surface area contributed by atoms with E-state index in [1.54, 1.807) is 36.5 Å². The third-order valence-corrected chi connectivity index (χ3v) is 5.89. The second kappa shape index (κ2) is 8.84. The normalized spacial score (nSPS) is 17.0. The van der Waals surface area contributed by atoms with Gasteiger partial charge in [0, 0.05) is 6.42 Å². The van der Waals surface area contributed by atoms with Crippen molar-refractivity contribution in [3.63, 3.8) is 0 Å². The first-order valence-electron chi connectivity index (χ1n) is 7.87. The Bertz CT molecular complexity index is 1020. The Morgan fingerprint density at radius 3 is 2.57 bits per heavy atom. The quantitative estimate of drug-likeness (QED) is 0.238. The van der Waals surface area contributed by atoms with Gasteiger partial charge in [0.25, 0.3) is 0 Å². The summed E-state index contributed by atoms with van der Waals surface area (Å²) in [5.74, 6) is -0.810. The molecule has 0 bridgehead atoms. The van der Waals surface area contributed by atoms with E-state index in [4.69, 9.17) is 40.1 Å². The summed E-state index contributed by atoms with van der Waals surface area (Å²) in [5.41, 5.74) is 0.776.